The van der Waals surface area contributed by atoms with E-state index in [-0.39, 0.29) is 17.4 Å². The van der Waals surface area contributed by atoms with Gasteiger partial charge in [-0.1, -0.05) is 0 Å². The fraction of sp³-hybridized carbons (Fsp3) is 0.455. The summed E-state index contributed by atoms with van der Waals surface area (Å²) >= 11 is 0. The third-order valence-corrected chi connectivity index (χ3v) is 2.30. The number of carbonyl (C=O) groups is 1. The molecule has 0 bridgehead atoms. The Bertz CT molecular complexity index is 418. The molecule has 0 unspecified atom stereocenters. The molecule has 6 nitrogen and oxygen atoms in total. The van der Waals surface area contributed by atoms with Gasteiger partial charge in [0.15, 0.2) is 0 Å². The number of nitrogens with two attached hydrogens (primary N) is 1. The zero-order valence-electron chi connectivity index (χ0n) is 9.51. The number of nitrogen functional groups attached to an aromatic ring is 1. The largest absolute Gasteiger partial charge is 0.469 e. The number of hydrogen-bond acceptors (Lipinski definition) is 6. The van der Waals surface area contributed by atoms with Gasteiger partial charge in [0.25, 0.3) is 0 Å². The smallest absolute Gasteiger partial charge is 0.340 e. The Kier molecular flexibility index (Phi) is 3.43. The van der Waals surface area contributed by atoms with Gasteiger partial charge in [0.05, 0.1) is 37.3 Å². The maximum Gasteiger partial charge on any atom is 0.340 e. The molecule has 2 N–H and O–H groups in total. The fourth-order valence-electron chi connectivity index (χ4n) is 1.35. The third-order valence-electron chi connectivity index (χ3n) is 2.30. The Morgan fingerprint density at radius 1 is 1.65 bits per heavy atom. The number of hydrogen-bond donors (Lipinski definition) is 1. The van der Waals surface area contributed by atoms with Crippen LogP contribution in [0, 0.1) is 0 Å². The summed E-state index contributed by atoms with van der Waals surface area (Å²) in [7, 11) is 0. The zero-order valence-corrected chi connectivity index (χ0v) is 9.51. The lowest BCUT2D eigenvalue weighted by Gasteiger charge is -2.26. The molecule has 1 aromatic heterocycles. The minimum absolute atomic E-state index is 0.00108. The highest BCUT2D eigenvalue weighted by molar-refractivity contribution is 5.95. The second-order valence-electron chi connectivity index (χ2n) is 3.61. The number of rotatable bonds is 4. The van der Waals surface area contributed by atoms with Gasteiger partial charge in [0.2, 0.25) is 5.88 Å². The second kappa shape index (κ2) is 5.01. The van der Waals surface area contributed by atoms with E-state index in [1.54, 1.807) is 6.92 Å². The first-order valence-electron chi connectivity index (χ1n) is 5.37. The molecule has 0 saturated carbocycles. The van der Waals surface area contributed by atoms with E-state index < -0.39 is 5.97 Å². The van der Waals surface area contributed by atoms with Crippen LogP contribution in [-0.4, -0.2) is 36.9 Å². The molecule has 0 aromatic carbocycles. The van der Waals surface area contributed by atoms with Crippen molar-refractivity contribution in [1.29, 1.82) is 0 Å². The molecule has 0 spiro atoms. The molecule has 17 heavy (non-hydrogen) atoms. The number of esters is 1. The van der Waals surface area contributed by atoms with Crippen molar-refractivity contribution in [3.05, 3.63) is 17.8 Å². The molecule has 0 radical (unpaired) electrons. The van der Waals surface area contributed by atoms with Gasteiger partial charge < -0.3 is 19.9 Å². The molecule has 92 valence electrons. The monoisotopic (exact) mass is 238 g/mol. The van der Waals surface area contributed by atoms with E-state index in [2.05, 4.69) is 4.98 Å². The van der Waals surface area contributed by atoms with Crippen LogP contribution in [0.5, 0.6) is 5.88 Å². The predicted octanol–water partition coefficient (Wildman–Crippen LogP) is 0.618. The summed E-state index contributed by atoms with van der Waals surface area (Å²) in [6.07, 6.45) is 1.39. The first-order valence-corrected chi connectivity index (χ1v) is 5.37. The maximum absolute atomic E-state index is 11.6. The van der Waals surface area contributed by atoms with Crippen LogP contribution in [0.4, 0.5) is 5.69 Å². The number of aromatic nitrogens is 1. The van der Waals surface area contributed by atoms with Crippen LogP contribution in [0.25, 0.3) is 0 Å². The first kappa shape index (κ1) is 11.7. The van der Waals surface area contributed by atoms with Crippen LogP contribution in [0.1, 0.15) is 17.3 Å². The number of pyridine rings is 1. The lowest BCUT2D eigenvalue weighted by Crippen LogP contribution is -2.38. The van der Waals surface area contributed by atoms with E-state index in [0.717, 1.165) is 0 Å². The quantitative estimate of drug-likeness (QED) is 0.774. The molecule has 0 amide bonds. The Labute approximate surface area is 98.7 Å². The number of anilines is 1. The molecule has 2 heterocycles. The highest BCUT2D eigenvalue weighted by Gasteiger charge is 2.21. The summed E-state index contributed by atoms with van der Waals surface area (Å²) in [5.74, 6) is -0.113. The van der Waals surface area contributed by atoms with E-state index in [1.165, 1.54) is 12.3 Å². The van der Waals surface area contributed by atoms with E-state index in [9.17, 15) is 4.79 Å². The molecular weight excluding hydrogens is 224 g/mol. The summed E-state index contributed by atoms with van der Waals surface area (Å²) in [6.45, 7) is 3.12. The highest BCUT2D eigenvalue weighted by atomic mass is 16.6. The second-order valence-corrected chi connectivity index (χ2v) is 3.61. The summed E-state index contributed by atoms with van der Waals surface area (Å²) < 4.78 is 15.3. The minimum atomic E-state index is -0.470. The van der Waals surface area contributed by atoms with Gasteiger partial charge in [0.1, 0.15) is 6.10 Å². The third kappa shape index (κ3) is 2.65. The Morgan fingerprint density at radius 3 is 3.00 bits per heavy atom. The number of nitrogens with zero attached hydrogens (tertiary/aromatic N) is 1. The van der Waals surface area contributed by atoms with Gasteiger partial charge in [-0.2, -0.15) is 0 Å². The highest BCUT2D eigenvalue weighted by Crippen LogP contribution is 2.20. The van der Waals surface area contributed by atoms with E-state index >= 15 is 0 Å². The minimum Gasteiger partial charge on any atom is -0.469 e. The Balaban J connectivity index is 2.13. The van der Waals surface area contributed by atoms with Crippen LogP contribution in [0.2, 0.25) is 0 Å². The Hall–Kier alpha value is -1.82. The van der Waals surface area contributed by atoms with Gasteiger partial charge in [-0.3, -0.25) is 0 Å². The zero-order chi connectivity index (χ0) is 12.3. The molecule has 1 saturated heterocycles. The lowest BCUT2D eigenvalue weighted by molar-refractivity contribution is -0.0813. The van der Waals surface area contributed by atoms with Crippen LogP contribution in [0.3, 0.4) is 0 Å². The molecule has 1 fully saturated rings. The van der Waals surface area contributed by atoms with Gasteiger partial charge in [-0.25, -0.2) is 9.78 Å². The Morgan fingerprint density at radius 2 is 2.41 bits per heavy atom. The molecule has 1 aliphatic heterocycles. The standard InChI is InChI=1S/C11H14N2O4/c1-2-16-11(14)8-3-10(13-4-9(8)12)17-7-5-15-6-7/h3-4,7H,2,5-6,12H2,1H3. The van der Waals surface area contributed by atoms with Gasteiger partial charge in [-0.15, -0.1) is 0 Å². The molecule has 2 rings (SSSR count). The van der Waals surface area contributed by atoms with E-state index in [1.807, 2.05) is 0 Å². The van der Waals surface area contributed by atoms with Crippen molar-refractivity contribution in [2.45, 2.75) is 13.0 Å². The summed E-state index contributed by atoms with van der Waals surface area (Å²) in [4.78, 5) is 15.6. The van der Waals surface area contributed by atoms with Crippen LogP contribution >= 0.6 is 0 Å². The number of carbonyl (C=O) groups excluding carboxylic acids is 1. The lowest BCUT2D eigenvalue weighted by atomic mass is 10.2. The van der Waals surface area contributed by atoms with Gasteiger partial charge in [-0.05, 0) is 6.92 Å². The molecular formula is C11H14N2O4. The van der Waals surface area contributed by atoms with Crippen molar-refractivity contribution < 1.29 is 19.0 Å². The van der Waals surface area contributed by atoms with Crippen molar-refractivity contribution in [3.63, 3.8) is 0 Å². The average molecular weight is 238 g/mol. The van der Waals surface area contributed by atoms with Crippen LogP contribution in [-0.2, 0) is 9.47 Å². The number of ether oxygens (including phenoxy) is 3. The van der Waals surface area contributed by atoms with Crippen molar-refractivity contribution >= 4 is 11.7 Å². The molecule has 1 aromatic rings. The van der Waals surface area contributed by atoms with Crippen molar-refractivity contribution in [3.8, 4) is 5.88 Å². The molecule has 0 aliphatic carbocycles. The SMILES string of the molecule is CCOC(=O)c1cc(OC2COC2)ncc1N. The normalized spacial score (nSPS) is 15.1. The fourth-order valence-corrected chi connectivity index (χ4v) is 1.35. The van der Waals surface area contributed by atoms with Crippen molar-refractivity contribution in [2.75, 3.05) is 25.6 Å². The summed E-state index contributed by atoms with van der Waals surface area (Å²) in [6, 6.07) is 1.49. The molecule has 1 aliphatic rings. The van der Waals surface area contributed by atoms with Crippen molar-refractivity contribution in [1.82, 2.24) is 4.98 Å². The van der Waals surface area contributed by atoms with Gasteiger partial charge >= 0.3 is 5.97 Å². The van der Waals surface area contributed by atoms with E-state index in [4.69, 9.17) is 19.9 Å². The van der Waals surface area contributed by atoms with E-state index in [0.29, 0.717) is 25.7 Å². The molecule has 0 atom stereocenters. The summed E-state index contributed by atoms with van der Waals surface area (Å²) in [5.41, 5.74) is 6.21. The average Bonchev–Trinajstić information content (AvgIpc) is 2.25. The topological polar surface area (TPSA) is 83.7 Å². The first-order chi connectivity index (χ1) is 8.20. The predicted molar refractivity (Wildman–Crippen MR) is 59.8 cm³/mol. The van der Waals surface area contributed by atoms with Crippen molar-refractivity contribution in [2.24, 2.45) is 0 Å². The van der Waals surface area contributed by atoms with Crippen LogP contribution < -0.4 is 10.5 Å². The van der Waals surface area contributed by atoms with Crippen LogP contribution in [0.15, 0.2) is 12.3 Å². The maximum atomic E-state index is 11.6. The van der Waals surface area contributed by atoms with Gasteiger partial charge in [0, 0.05) is 6.07 Å². The molecule has 6 heteroatoms. The summed E-state index contributed by atoms with van der Waals surface area (Å²) in [5, 5.41) is 0.